The van der Waals surface area contributed by atoms with E-state index in [4.69, 9.17) is 4.42 Å². The fraction of sp³-hybridized carbons (Fsp3) is 0. The Bertz CT molecular complexity index is 2910. The summed E-state index contributed by atoms with van der Waals surface area (Å²) in [4.78, 5) is 2.41. The van der Waals surface area contributed by atoms with E-state index in [1.165, 1.54) is 38.6 Å². The number of rotatable bonds is 7. The summed E-state index contributed by atoms with van der Waals surface area (Å²) in [7, 11) is 0. The van der Waals surface area contributed by atoms with Crippen LogP contribution in [0.1, 0.15) is 0 Å². The third-order valence-corrected chi connectivity index (χ3v) is 10.5. The maximum absolute atomic E-state index is 6.40. The Morgan fingerprint density at radius 2 is 0.741 bits per heavy atom. The molecule has 1 aromatic heterocycles. The quantitative estimate of drug-likeness (QED) is 0.166. The summed E-state index contributed by atoms with van der Waals surface area (Å²) in [6.45, 7) is 0. The zero-order valence-corrected chi connectivity index (χ0v) is 29.6. The summed E-state index contributed by atoms with van der Waals surface area (Å²) in [6.07, 6.45) is 0. The number of benzene rings is 9. The van der Waals surface area contributed by atoms with E-state index in [1.807, 2.05) is 0 Å². The largest absolute Gasteiger partial charge is 0.456 e. The highest BCUT2D eigenvalue weighted by molar-refractivity contribution is 6.11. The predicted octanol–water partition coefficient (Wildman–Crippen LogP) is 14.9. The molecule has 0 saturated heterocycles. The molecule has 0 spiro atoms. The number of furan rings is 1. The van der Waals surface area contributed by atoms with E-state index in [9.17, 15) is 0 Å². The molecule has 0 amide bonds. The molecule has 0 saturated carbocycles. The van der Waals surface area contributed by atoms with Crippen molar-refractivity contribution in [2.75, 3.05) is 4.90 Å². The van der Waals surface area contributed by atoms with Crippen molar-refractivity contribution in [2.24, 2.45) is 0 Å². The Morgan fingerprint density at radius 3 is 1.37 bits per heavy atom. The topological polar surface area (TPSA) is 16.4 Å². The summed E-state index contributed by atoms with van der Waals surface area (Å²) in [6, 6.07) is 75.9. The van der Waals surface area contributed by atoms with Gasteiger partial charge in [0.15, 0.2) is 0 Å². The lowest BCUT2D eigenvalue weighted by molar-refractivity contribution is 0.669. The van der Waals surface area contributed by atoms with Gasteiger partial charge in [-0.25, -0.2) is 0 Å². The molecular weight excluding hydrogens is 655 g/mol. The zero-order chi connectivity index (χ0) is 35.8. The Labute approximate surface area is 314 Å². The van der Waals surface area contributed by atoms with Gasteiger partial charge >= 0.3 is 0 Å². The molecule has 1 heterocycles. The second kappa shape index (κ2) is 13.4. The number of para-hydroxylation sites is 2. The molecule has 0 unspecified atom stereocenters. The molecule has 0 bridgehead atoms. The molecule has 0 aliphatic rings. The third-order valence-electron chi connectivity index (χ3n) is 10.5. The molecule has 10 aromatic rings. The second-order valence-corrected chi connectivity index (χ2v) is 13.7. The lowest BCUT2D eigenvalue weighted by Crippen LogP contribution is -2.12. The summed E-state index contributed by atoms with van der Waals surface area (Å²) in [5, 5.41) is 4.62. The Balaban J connectivity index is 1.11. The highest BCUT2D eigenvalue weighted by Gasteiger charge is 2.21. The van der Waals surface area contributed by atoms with Gasteiger partial charge in [0.05, 0.1) is 11.4 Å². The first kappa shape index (κ1) is 31.6. The van der Waals surface area contributed by atoms with Crippen molar-refractivity contribution in [1.29, 1.82) is 0 Å². The predicted molar refractivity (Wildman–Crippen MR) is 228 cm³/mol. The van der Waals surface area contributed by atoms with Crippen LogP contribution in [0.25, 0.3) is 77.2 Å². The summed E-state index contributed by atoms with van der Waals surface area (Å²) < 4.78 is 6.40. The number of hydrogen-bond donors (Lipinski definition) is 0. The van der Waals surface area contributed by atoms with Gasteiger partial charge in [0.2, 0.25) is 0 Å². The average Bonchev–Trinajstić information content (AvgIpc) is 3.61. The number of hydrogen-bond acceptors (Lipinski definition) is 2. The van der Waals surface area contributed by atoms with Crippen molar-refractivity contribution >= 4 is 49.8 Å². The fourth-order valence-corrected chi connectivity index (χ4v) is 7.77. The first-order chi connectivity index (χ1) is 26.8. The molecule has 0 aliphatic carbocycles. The van der Waals surface area contributed by atoms with E-state index in [1.54, 1.807) is 0 Å². The van der Waals surface area contributed by atoms with Crippen LogP contribution >= 0.6 is 0 Å². The van der Waals surface area contributed by atoms with Gasteiger partial charge in [0.1, 0.15) is 11.2 Å². The monoisotopic (exact) mass is 689 g/mol. The van der Waals surface area contributed by atoms with Gasteiger partial charge < -0.3 is 9.32 Å². The lowest BCUT2D eigenvalue weighted by Gasteiger charge is -2.30. The van der Waals surface area contributed by atoms with Gasteiger partial charge in [-0.05, 0) is 92.7 Å². The maximum atomic E-state index is 6.40. The molecule has 0 fully saturated rings. The van der Waals surface area contributed by atoms with E-state index in [0.29, 0.717) is 0 Å². The Kier molecular flexibility index (Phi) is 7.85. The van der Waals surface area contributed by atoms with Gasteiger partial charge in [-0.15, -0.1) is 0 Å². The normalized spacial score (nSPS) is 11.3. The molecule has 9 aromatic carbocycles. The van der Waals surface area contributed by atoms with Gasteiger partial charge in [-0.3, -0.25) is 0 Å². The highest BCUT2D eigenvalue weighted by Crippen LogP contribution is 2.46. The first-order valence-electron chi connectivity index (χ1n) is 18.4. The average molecular weight is 690 g/mol. The van der Waals surface area contributed by atoms with Crippen LogP contribution in [-0.2, 0) is 0 Å². The molecule has 0 radical (unpaired) electrons. The van der Waals surface area contributed by atoms with Crippen LogP contribution < -0.4 is 4.90 Å². The molecular formula is C52H35NO. The van der Waals surface area contributed by atoms with Gasteiger partial charge in [-0.2, -0.15) is 0 Å². The SMILES string of the molecule is c1ccc(-c2ccc(-c3ccc(N(c4ccccc4-c4ccccc4)c4ccccc4-c4ccc5oc6cc7ccccc7cc6c5c4)cc3)cc2)cc1. The lowest BCUT2D eigenvalue weighted by atomic mass is 9.97. The van der Waals surface area contributed by atoms with Crippen molar-refractivity contribution in [3.05, 3.63) is 212 Å². The van der Waals surface area contributed by atoms with Crippen molar-refractivity contribution < 1.29 is 4.42 Å². The van der Waals surface area contributed by atoms with Crippen molar-refractivity contribution in [3.63, 3.8) is 0 Å². The summed E-state index contributed by atoms with van der Waals surface area (Å²) in [5.74, 6) is 0. The fourth-order valence-electron chi connectivity index (χ4n) is 7.77. The summed E-state index contributed by atoms with van der Waals surface area (Å²) >= 11 is 0. The van der Waals surface area contributed by atoms with Crippen LogP contribution in [-0.4, -0.2) is 0 Å². The van der Waals surface area contributed by atoms with Gasteiger partial charge in [0.25, 0.3) is 0 Å². The van der Waals surface area contributed by atoms with Crippen LogP contribution in [0.15, 0.2) is 217 Å². The minimum atomic E-state index is 0.889. The molecule has 10 rings (SSSR count). The standard InChI is InChI=1S/C52H35NO/c1-3-13-36(14-4-1)37-23-25-38(26-24-37)39-27-30-44(31-28-39)53(49-21-11-9-19-45(49)40-15-5-2-6-16-40)50-22-12-10-20-46(50)43-29-32-51-47(34-43)48-33-41-17-7-8-18-42(41)35-52(48)54-51/h1-35H. The van der Waals surface area contributed by atoms with Crippen molar-refractivity contribution in [3.8, 4) is 44.5 Å². The van der Waals surface area contributed by atoms with Crippen LogP contribution in [0.5, 0.6) is 0 Å². The third kappa shape index (κ3) is 5.71. The maximum Gasteiger partial charge on any atom is 0.136 e. The van der Waals surface area contributed by atoms with Crippen LogP contribution in [0, 0.1) is 0 Å². The molecule has 254 valence electrons. The minimum Gasteiger partial charge on any atom is -0.456 e. The molecule has 54 heavy (non-hydrogen) atoms. The van der Waals surface area contributed by atoms with Crippen molar-refractivity contribution in [2.45, 2.75) is 0 Å². The van der Waals surface area contributed by atoms with Gasteiger partial charge in [-0.1, -0.05) is 164 Å². The minimum absolute atomic E-state index is 0.889. The highest BCUT2D eigenvalue weighted by atomic mass is 16.3. The van der Waals surface area contributed by atoms with E-state index in [-0.39, 0.29) is 0 Å². The molecule has 0 N–H and O–H groups in total. The van der Waals surface area contributed by atoms with E-state index in [2.05, 4.69) is 217 Å². The van der Waals surface area contributed by atoms with Crippen LogP contribution in [0.3, 0.4) is 0 Å². The van der Waals surface area contributed by atoms with Gasteiger partial charge in [0, 0.05) is 27.6 Å². The van der Waals surface area contributed by atoms with Crippen molar-refractivity contribution in [1.82, 2.24) is 0 Å². The Hall–Kier alpha value is -7.16. The number of anilines is 3. The van der Waals surface area contributed by atoms with E-state index < -0.39 is 0 Å². The van der Waals surface area contributed by atoms with E-state index in [0.717, 1.165) is 55.7 Å². The number of nitrogens with zero attached hydrogens (tertiary/aromatic N) is 1. The molecule has 2 heteroatoms. The summed E-state index contributed by atoms with van der Waals surface area (Å²) in [5.41, 5.74) is 14.5. The van der Waals surface area contributed by atoms with Crippen LogP contribution in [0.2, 0.25) is 0 Å². The zero-order valence-electron chi connectivity index (χ0n) is 29.6. The Morgan fingerprint density at radius 1 is 0.296 bits per heavy atom. The van der Waals surface area contributed by atoms with E-state index >= 15 is 0 Å². The smallest absolute Gasteiger partial charge is 0.136 e. The molecule has 0 atom stereocenters. The van der Waals surface area contributed by atoms with Crippen LogP contribution in [0.4, 0.5) is 17.1 Å². The second-order valence-electron chi connectivity index (χ2n) is 13.7. The molecule has 0 aliphatic heterocycles. The first-order valence-corrected chi connectivity index (χ1v) is 18.4. The molecule has 2 nitrogen and oxygen atoms in total. The number of fused-ring (bicyclic) bond motifs is 4.